The van der Waals surface area contributed by atoms with Crippen molar-refractivity contribution in [2.75, 3.05) is 20.2 Å². The number of carbonyl (C=O) groups excluding carboxylic acids is 2. The maximum Gasteiger partial charge on any atom is 0.325 e. The Morgan fingerprint density at radius 3 is 2.44 bits per heavy atom. The minimum Gasteiger partial charge on any atom is -0.480 e. The zero-order valence-corrected chi connectivity index (χ0v) is 10.3. The molecule has 0 spiro atoms. The van der Waals surface area contributed by atoms with Gasteiger partial charge in [-0.15, -0.1) is 0 Å². The second-order valence-electron chi connectivity index (χ2n) is 4.19. The molecule has 2 N–H and O–H groups in total. The Labute approximate surface area is 105 Å². The number of amides is 2. The molecule has 0 aromatic carbocycles. The largest absolute Gasteiger partial charge is 0.480 e. The third-order valence-electron chi connectivity index (χ3n) is 2.94. The Bertz CT molecular complexity index is 325. The highest BCUT2D eigenvalue weighted by molar-refractivity contribution is 5.83. The van der Waals surface area contributed by atoms with Gasteiger partial charge in [0.1, 0.15) is 13.1 Å². The molecule has 1 fully saturated rings. The van der Waals surface area contributed by atoms with Gasteiger partial charge in [0.25, 0.3) is 0 Å². The molecule has 7 heteroatoms. The third-order valence-corrected chi connectivity index (χ3v) is 2.94. The molecule has 0 aromatic heterocycles. The summed E-state index contributed by atoms with van der Waals surface area (Å²) in [5.41, 5.74) is 0. The Balaban J connectivity index is 2.55. The lowest BCUT2D eigenvalue weighted by Gasteiger charge is -2.27. The number of carboxylic acid groups (broad SMARTS) is 1. The topological polar surface area (TPSA) is 95.9 Å². The van der Waals surface area contributed by atoms with Crippen molar-refractivity contribution in [3.8, 4) is 0 Å². The second kappa shape index (κ2) is 6.83. The summed E-state index contributed by atoms with van der Waals surface area (Å²) in [6.45, 7) is -0.601. The highest BCUT2D eigenvalue weighted by atomic mass is 16.5. The first kappa shape index (κ1) is 14.3. The van der Waals surface area contributed by atoms with E-state index in [2.05, 4.69) is 10.1 Å². The van der Waals surface area contributed by atoms with Crippen molar-refractivity contribution in [1.29, 1.82) is 0 Å². The highest BCUT2D eigenvalue weighted by Crippen LogP contribution is 2.23. The molecule has 0 unspecified atom stereocenters. The average molecular weight is 258 g/mol. The van der Waals surface area contributed by atoms with Crippen LogP contribution in [0.15, 0.2) is 0 Å². The Morgan fingerprint density at radius 2 is 1.94 bits per heavy atom. The fourth-order valence-electron chi connectivity index (χ4n) is 2.05. The number of urea groups is 1. The quantitative estimate of drug-likeness (QED) is 0.687. The van der Waals surface area contributed by atoms with E-state index < -0.39 is 18.0 Å². The van der Waals surface area contributed by atoms with E-state index in [1.54, 1.807) is 0 Å². The van der Waals surface area contributed by atoms with Gasteiger partial charge in [-0.25, -0.2) is 4.79 Å². The molecular formula is C11H18N2O5. The van der Waals surface area contributed by atoms with Crippen LogP contribution in [0.5, 0.6) is 0 Å². The van der Waals surface area contributed by atoms with Gasteiger partial charge in [-0.3, -0.25) is 9.59 Å². The summed E-state index contributed by atoms with van der Waals surface area (Å²) in [7, 11) is 1.22. The van der Waals surface area contributed by atoms with Crippen molar-refractivity contribution >= 4 is 18.0 Å². The van der Waals surface area contributed by atoms with E-state index >= 15 is 0 Å². The fraction of sp³-hybridized carbons (Fsp3) is 0.727. The predicted molar refractivity (Wildman–Crippen MR) is 62.0 cm³/mol. The van der Waals surface area contributed by atoms with Gasteiger partial charge < -0.3 is 20.1 Å². The maximum absolute atomic E-state index is 11.8. The molecule has 1 saturated carbocycles. The average Bonchev–Trinajstić information content (AvgIpc) is 2.85. The number of carbonyl (C=O) groups is 3. The molecule has 102 valence electrons. The van der Waals surface area contributed by atoms with Crippen LogP contribution in [0, 0.1) is 0 Å². The molecule has 0 bridgehead atoms. The molecule has 0 saturated heterocycles. The SMILES string of the molecule is COC(=O)CNC(=O)N(CC(=O)O)C1CCCC1. The second-order valence-corrected chi connectivity index (χ2v) is 4.19. The Hall–Kier alpha value is -1.79. The number of hydrogen-bond acceptors (Lipinski definition) is 4. The number of carboxylic acids is 1. The van der Waals surface area contributed by atoms with E-state index in [0.29, 0.717) is 0 Å². The number of esters is 1. The summed E-state index contributed by atoms with van der Waals surface area (Å²) in [4.78, 5) is 34.8. The van der Waals surface area contributed by atoms with Crippen molar-refractivity contribution in [2.45, 2.75) is 31.7 Å². The van der Waals surface area contributed by atoms with Gasteiger partial charge in [0.05, 0.1) is 7.11 Å². The normalized spacial score (nSPS) is 15.2. The summed E-state index contributed by atoms with van der Waals surface area (Å²) in [5.74, 6) is -1.62. The van der Waals surface area contributed by atoms with Crippen LogP contribution in [0.4, 0.5) is 4.79 Å². The molecule has 1 rings (SSSR count). The Kier molecular flexibility index (Phi) is 5.41. The lowest BCUT2D eigenvalue weighted by Crippen LogP contribution is -2.48. The van der Waals surface area contributed by atoms with E-state index in [-0.39, 0.29) is 19.1 Å². The number of nitrogens with zero attached hydrogens (tertiary/aromatic N) is 1. The van der Waals surface area contributed by atoms with E-state index in [9.17, 15) is 14.4 Å². The zero-order valence-electron chi connectivity index (χ0n) is 10.3. The molecule has 18 heavy (non-hydrogen) atoms. The number of aliphatic carboxylic acids is 1. The first-order chi connectivity index (χ1) is 8.54. The van der Waals surface area contributed by atoms with Gasteiger partial charge in [0.15, 0.2) is 0 Å². The van der Waals surface area contributed by atoms with Crippen LogP contribution in [0.2, 0.25) is 0 Å². The van der Waals surface area contributed by atoms with Gasteiger partial charge in [-0.05, 0) is 12.8 Å². The monoisotopic (exact) mass is 258 g/mol. The van der Waals surface area contributed by atoms with Crippen molar-refractivity contribution in [3.05, 3.63) is 0 Å². The van der Waals surface area contributed by atoms with Crippen LogP contribution in [0.1, 0.15) is 25.7 Å². The summed E-state index contributed by atoms with van der Waals surface area (Å²) < 4.78 is 4.40. The predicted octanol–water partition coefficient (Wildman–Crippen LogP) is 0.198. The van der Waals surface area contributed by atoms with Crippen molar-refractivity contribution in [3.63, 3.8) is 0 Å². The van der Waals surface area contributed by atoms with Crippen LogP contribution < -0.4 is 5.32 Å². The molecule has 1 aliphatic carbocycles. The van der Waals surface area contributed by atoms with Crippen LogP contribution in [0.3, 0.4) is 0 Å². The molecule has 0 heterocycles. The highest BCUT2D eigenvalue weighted by Gasteiger charge is 2.28. The molecule has 7 nitrogen and oxygen atoms in total. The van der Waals surface area contributed by atoms with Crippen LogP contribution in [0.25, 0.3) is 0 Å². The number of ether oxygens (including phenoxy) is 1. The summed E-state index contributed by atoms with van der Waals surface area (Å²) >= 11 is 0. The van der Waals surface area contributed by atoms with Gasteiger partial charge in [-0.2, -0.15) is 0 Å². The summed E-state index contributed by atoms with van der Waals surface area (Å²) in [5, 5.41) is 11.2. The molecule has 0 radical (unpaired) electrons. The zero-order chi connectivity index (χ0) is 13.5. The fourth-order valence-corrected chi connectivity index (χ4v) is 2.05. The maximum atomic E-state index is 11.8. The van der Waals surface area contributed by atoms with Crippen molar-refractivity contribution < 1.29 is 24.2 Å². The van der Waals surface area contributed by atoms with Crippen molar-refractivity contribution in [1.82, 2.24) is 10.2 Å². The van der Waals surface area contributed by atoms with E-state index in [0.717, 1.165) is 25.7 Å². The lowest BCUT2D eigenvalue weighted by atomic mass is 10.2. The van der Waals surface area contributed by atoms with E-state index in [4.69, 9.17) is 5.11 Å². The first-order valence-corrected chi connectivity index (χ1v) is 5.87. The number of nitrogens with one attached hydrogen (secondary N) is 1. The standard InChI is InChI=1S/C11H18N2O5/c1-18-10(16)6-12-11(17)13(7-9(14)15)8-4-2-3-5-8/h8H,2-7H2,1H3,(H,12,17)(H,14,15). The number of methoxy groups -OCH3 is 1. The Morgan fingerprint density at radius 1 is 1.33 bits per heavy atom. The summed E-state index contributed by atoms with van der Waals surface area (Å²) in [6.07, 6.45) is 3.59. The van der Waals surface area contributed by atoms with Gasteiger partial charge in [-0.1, -0.05) is 12.8 Å². The van der Waals surface area contributed by atoms with Crippen LogP contribution >= 0.6 is 0 Å². The van der Waals surface area contributed by atoms with E-state index in [1.165, 1.54) is 12.0 Å². The molecule has 0 aromatic rings. The van der Waals surface area contributed by atoms with E-state index in [1.807, 2.05) is 0 Å². The molecule has 2 amide bonds. The van der Waals surface area contributed by atoms with Crippen LogP contribution in [-0.4, -0.2) is 54.2 Å². The first-order valence-electron chi connectivity index (χ1n) is 5.87. The van der Waals surface area contributed by atoms with Gasteiger partial charge in [0.2, 0.25) is 0 Å². The molecule has 0 atom stereocenters. The lowest BCUT2D eigenvalue weighted by molar-refractivity contribution is -0.139. The molecule has 1 aliphatic rings. The minimum absolute atomic E-state index is 0.0567. The van der Waals surface area contributed by atoms with Crippen molar-refractivity contribution in [2.24, 2.45) is 0 Å². The molecule has 0 aliphatic heterocycles. The smallest absolute Gasteiger partial charge is 0.325 e. The van der Waals surface area contributed by atoms with Gasteiger partial charge in [0, 0.05) is 6.04 Å². The third kappa shape index (κ3) is 4.23. The van der Waals surface area contributed by atoms with Crippen LogP contribution in [-0.2, 0) is 14.3 Å². The van der Waals surface area contributed by atoms with Gasteiger partial charge >= 0.3 is 18.0 Å². The summed E-state index contributed by atoms with van der Waals surface area (Å²) in [6, 6.07) is -0.589. The number of hydrogen-bond donors (Lipinski definition) is 2. The minimum atomic E-state index is -1.06. The molecular weight excluding hydrogens is 240 g/mol. The number of rotatable bonds is 5.